The third-order valence-electron chi connectivity index (χ3n) is 6.31. The zero-order valence-electron chi connectivity index (χ0n) is 22.4. The maximum Gasteiger partial charge on any atom is 0.255 e. The molecule has 208 valence electrons. The van der Waals surface area contributed by atoms with Crippen molar-refractivity contribution >= 4 is 17.7 Å². The summed E-state index contributed by atoms with van der Waals surface area (Å²) < 4.78 is 21.4. The van der Waals surface area contributed by atoms with E-state index in [9.17, 15) is 18.8 Å². The molecule has 1 aromatic carbocycles. The first-order chi connectivity index (χ1) is 18.0. The van der Waals surface area contributed by atoms with E-state index in [2.05, 4.69) is 20.9 Å². The van der Waals surface area contributed by atoms with Gasteiger partial charge in [-0.3, -0.25) is 14.4 Å². The first-order valence-corrected chi connectivity index (χ1v) is 13.0. The van der Waals surface area contributed by atoms with Gasteiger partial charge in [-0.05, 0) is 36.5 Å². The second-order valence-corrected chi connectivity index (χ2v) is 10.3. The fourth-order valence-electron chi connectivity index (χ4n) is 4.07. The normalized spacial score (nSPS) is 18.6. The summed E-state index contributed by atoms with van der Waals surface area (Å²) in [7, 11) is 0. The Kier molecular flexibility index (Phi) is 10.2. The number of amides is 3. The van der Waals surface area contributed by atoms with Crippen molar-refractivity contribution in [3.8, 4) is 5.75 Å². The van der Waals surface area contributed by atoms with Gasteiger partial charge in [-0.15, -0.1) is 5.10 Å². The van der Waals surface area contributed by atoms with Crippen molar-refractivity contribution in [3.05, 3.63) is 41.5 Å². The number of hydrogen-bond acceptors (Lipinski definition) is 7. The van der Waals surface area contributed by atoms with Crippen LogP contribution in [0.2, 0.25) is 0 Å². The van der Waals surface area contributed by atoms with Crippen LogP contribution in [0.1, 0.15) is 50.2 Å². The Balaban J connectivity index is 1.87. The molecule has 1 aliphatic rings. The second kappa shape index (κ2) is 13.3. The number of rotatable bonds is 4. The summed E-state index contributed by atoms with van der Waals surface area (Å²) in [6, 6.07) is 2.15. The lowest BCUT2D eigenvalue weighted by Gasteiger charge is -2.28. The molecular weight excluding hydrogens is 493 g/mol. The third-order valence-corrected chi connectivity index (χ3v) is 6.31. The lowest BCUT2D eigenvalue weighted by atomic mass is 10.0. The Bertz CT molecular complexity index is 1120. The van der Waals surface area contributed by atoms with Crippen LogP contribution in [0.25, 0.3) is 0 Å². The molecule has 38 heavy (non-hydrogen) atoms. The summed E-state index contributed by atoms with van der Waals surface area (Å²) in [6.45, 7) is 8.88. The van der Waals surface area contributed by atoms with Crippen LogP contribution in [0, 0.1) is 17.7 Å². The summed E-state index contributed by atoms with van der Waals surface area (Å²) in [6.07, 6.45) is 2.59. The van der Waals surface area contributed by atoms with Gasteiger partial charge in [-0.25, -0.2) is 9.07 Å². The highest BCUT2D eigenvalue weighted by Crippen LogP contribution is 2.21. The van der Waals surface area contributed by atoms with Gasteiger partial charge >= 0.3 is 0 Å². The molecule has 11 nitrogen and oxygen atoms in total. The predicted molar refractivity (Wildman–Crippen MR) is 139 cm³/mol. The summed E-state index contributed by atoms with van der Waals surface area (Å²) in [4.78, 5) is 40.9. The number of aromatic nitrogens is 3. The lowest BCUT2D eigenvalue weighted by Crippen LogP contribution is -2.51. The van der Waals surface area contributed by atoms with Crippen molar-refractivity contribution in [2.24, 2.45) is 17.6 Å². The summed E-state index contributed by atoms with van der Waals surface area (Å²) in [5.41, 5.74) is 6.81. The van der Waals surface area contributed by atoms with Gasteiger partial charge < -0.3 is 26.0 Å². The molecule has 3 rings (SSSR count). The van der Waals surface area contributed by atoms with Gasteiger partial charge in [0, 0.05) is 32.3 Å². The van der Waals surface area contributed by atoms with Crippen LogP contribution in [-0.4, -0.2) is 75.9 Å². The van der Waals surface area contributed by atoms with E-state index in [0.717, 1.165) is 6.07 Å². The zero-order chi connectivity index (χ0) is 27.8. The van der Waals surface area contributed by atoms with Gasteiger partial charge in [0.05, 0.1) is 23.8 Å². The molecule has 2 atom stereocenters. The molecule has 0 radical (unpaired) electrons. The van der Waals surface area contributed by atoms with E-state index in [4.69, 9.17) is 10.5 Å². The quantitative estimate of drug-likeness (QED) is 0.536. The first kappa shape index (κ1) is 29.0. The van der Waals surface area contributed by atoms with Crippen LogP contribution in [-0.2, 0) is 22.6 Å². The van der Waals surface area contributed by atoms with Gasteiger partial charge in [0.25, 0.3) is 5.91 Å². The molecular formula is C26H38FN7O4. The van der Waals surface area contributed by atoms with Crippen LogP contribution >= 0.6 is 0 Å². The van der Waals surface area contributed by atoms with Gasteiger partial charge in [0.1, 0.15) is 24.2 Å². The number of nitrogens with zero attached hydrogens (tertiary/aromatic N) is 4. The summed E-state index contributed by atoms with van der Waals surface area (Å²) in [5, 5.41) is 13.8. The van der Waals surface area contributed by atoms with E-state index in [0.29, 0.717) is 31.6 Å². The Morgan fingerprint density at radius 2 is 1.97 bits per heavy atom. The third kappa shape index (κ3) is 7.98. The van der Waals surface area contributed by atoms with Crippen LogP contribution in [0.5, 0.6) is 5.75 Å². The number of halogens is 1. The van der Waals surface area contributed by atoms with Crippen molar-refractivity contribution in [1.29, 1.82) is 0 Å². The molecule has 1 aromatic heterocycles. The molecule has 2 heterocycles. The van der Waals surface area contributed by atoms with Crippen molar-refractivity contribution in [3.63, 3.8) is 0 Å². The maximum absolute atomic E-state index is 14.0. The van der Waals surface area contributed by atoms with Crippen LogP contribution < -0.4 is 21.1 Å². The summed E-state index contributed by atoms with van der Waals surface area (Å²) >= 11 is 0. The number of carbonyl (C=O) groups is 3. The van der Waals surface area contributed by atoms with Crippen LogP contribution in [0.3, 0.4) is 0 Å². The van der Waals surface area contributed by atoms with E-state index in [1.165, 1.54) is 12.1 Å². The molecule has 0 spiro atoms. The van der Waals surface area contributed by atoms with Gasteiger partial charge in [-0.2, -0.15) is 0 Å². The fraction of sp³-hybridized carbons (Fsp3) is 0.577. The second-order valence-electron chi connectivity index (χ2n) is 10.3. The van der Waals surface area contributed by atoms with Gasteiger partial charge in [0.15, 0.2) is 0 Å². The standard InChI is InChI=1S/C26H38FN7O4/c1-16(2)13-21-25(36)29-8-10-33(26(37)23(28)17(3)4)9-7-19-15-34(32-31-19)11-12-38-22-6-5-18(27)14-20(22)24(35)30-21/h5-6,14-17,21,23H,7-13,28H2,1-4H3,(H,29,36)(H,30,35)/t21-,23+/m1/s1. The highest BCUT2D eigenvalue weighted by molar-refractivity contribution is 5.99. The van der Waals surface area contributed by atoms with Crippen LogP contribution in [0.4, 0.5) is 4.39 Å². The fourth-order valence-corrected chi connectivity index (χ4v) is 4.07. The Morgan fingerprint density at radius 1 is 1.21 bits per heavy atom. The maximum atomic E-state index is 14.0. The minimum Gasteiger partial charge on any atom is -0.491 e. The average molecular weight is 532 g/mol. The lowest BCUT2D eigenvalue weighted by molar-refractivity contribution is -0.134. The minimum atomic E-state index is -0.857. The van der Waals surface area contributed by atoms with Crippen molar-refractivity contribution in [2.45, 2.75) is 59.2 Å². The van der Waals surface area contributed by atoms with E-state index in [1.54, 1.807) is 15.8 Å². The largest absolute Gasteiger partial charge is 0.491 e. The van der Waals surface area contributed by atoms with Gasteiger partial charge in [0.2, 0.25) is 11.8 Å². The van der Waals surface area contributed by atoms with E-state index < -0.39 is 29.7 Å². The number of benzene rings is 1. The number of carbonyl (C=O) groups excluding carboxylic acids is 3. The number of nitrogens with one attached hydrogen (secondary N) is 2. The highest BCUT2D eigenvalue weighted by Gasteiger charge is 2.27. The molecule has 1 aliphatic heterocycles. The Hall–Kier alpha value is -3.54. The molecule has 4 N–H and O–H groups in total. The molecule has 0 saturated heterocycles. The van der Waals surface area contributed by atoms with Crippen molar-refractivity contribution < 1.29 is 23.5 Å². The molecule has 0 aliphatic carbocycles. The first-order valence-electron chi connectivity index (χ1n) is 13.0. The number of nitrogens with two attached hydrogens (primary N) is 1. The van der Waals surface area contributed by atoms with Crippen LogP contribution in [0.15, 0.2) is 24.4 Å². The Labute approximate surface area is 222 Å². The topological polar surface area (TPSA) is 144 Å². The molecule has 0 unspecified atom stereocenters. The van der Waals surface area contributed by atoms with Gasteiger partial charge in [-0.1, -0.05) is 32.9 Å². The predicted octanol–water partition coefficient (Wildman–Crippen LogP) is 1.12. The van der Waals surface area contributed by atoms with E-state index >= 15 is 0 Å². The zero-order valence-corrected chi connectivity index (χ0v) is 22.4. The van der Waals surface area contributed by atoms with E-state index in [-0.39, 0.29) is 48.8 Å². The molecule has 0 saturated carbocycles. The average Bonchev–Trinajstić information content (AvgIpc) is 3.32. The highest BCUT2D eigenvalue weighted by atomic mass is 19.1. The molecule has 3 amide bonds. The number of hydrogen-bond donors (Lipinski definition) is 3. The molecule has 2 bridgehead atoms. The van der Waals surface area contributed by atoms with Crippen molar-refractivity contribution in [2.75, 3.05) is 26.2 Å². The monoisotopic (exact) mass is 531 g/mol. The molecule has 0 fully saturated rings. The molecule has 2 aromatic rings. The van der Waals surface area contributed by atoms with Crippen molar-refractivity contribution in [1.82, 2.24) is 30.5 Å². The minimum absolute atomic E-state index is 0.00797. The Morgan fingerprint density at radius 3 is 2.68 bits per heavy atom. The SMILES string of the molecule is CC(C)C[C@H]1NC(=O)c2cc(F)ccc2OCCn2cc(nn2)CCN(C(=O)[C@@H](N)C(C)C)CCNC1=O. The molecule has 12 heteroatoms. The summed E-state index contributed by atoms with van der Waals surface area (Å²) in [5.74, 6) is -1.58. The van der Waals surface area contributed by atoms with E-state index in [1.807, 2.05) is 27.7 Å². The number of fused-ring (bicyclic) bond motifs is 3. The number of ether oxygens (including phenoxy) is 1. The smallest absolute Gasteiger partial charge is 0.255 e.